The predicted molar refractivity (Wildman–Crippen MR) is 135 cm³/mol. The molecule has 2 aromatic rings. The van der Waals surface area contributed by atoms with Gasteiger partial charge in [-0.2, -0.15) is 0 Å². The molecule has 1 amide bonds. The second kappa shape index (κ2) is 13.1. The highest BCUT2D eigenvalue weighted by molar-refractivity contribution is 14.0. The van der Waals surface area contributed by atoms with Crippen molar-refractivity contribution in [2.45, 2.75) is 39.8 Å². The molecule has 6 nitrogen and oxygen atoms in total. The van der Waals surface area contributed by atoms with Crippen molar-refractivity contribution in [3.8, 4) is 5.75 Å². The zero-order chi connectivity index (χ0) is 21.2. The minimum Gasteiger partial charge on any atom is -0.491 e. The molecular formula is C23H33IN4O2. The summed E-state index contributed by atoms with van der Waals surface area (Å²) in [6, 6.07) is 15.9. The number of nitrogens with one attached hydrogen (secondary N) is 2. The molecule has 0 aliphatic rings. The Morgan fingerprint density at radius 2 is 1.77 bits per heavy atom. The third-order valence-corrected chi connectivity index (χ3v) is 4.29. The first-order valence-corrected chi connectivity index (χ1v) is 9.92. The molecule has 2 N–H and O–H groups in total. The average Bonchev–Trinajstić information content (AvgIpc) is 2.67. The number of benzene rings is 2. The third kappa shape index (κ3) is 9.02. The van der Waals surface area contributed by atoms with Crippen LogP contribution in [0.5, 0.6) is 5.75 Å². The van der Waals surface area contributed by atoms with Gasteiger partial charge in [0.1, 0.15) is 5.75 Å². The van der Waals surface area contributed by atoms with Gasteiger partial charge in [0.2, 0.25) is 5.91 Å². The Morgan fingerprint density at radius 1 is 1.10 bits per heavy atom. The zero-order valence-electron chi connectivity index (χ0n) is 18.4. The summed E-state index contributed by atoms with van der Waals surface area (Å²) in [5.41, 5.74) is 3.27. The van der Waals surface area contributed by atoms with E-state index in [1.165, 1.54) is 11.1 Å². The Balaban J connectivity index is 0.00000450. The number of aliphatic imine (C=N–C) groups is 1. The van der Waals surface area contributed by atoms with Crippen molar-refractivity contribution in [2.24, 2.45) is 4.99 Å². The van der Waals surface area contributed by atoms with E-state index >= 15 is 0 Å². The first-order valence-electron chi connectivity index (χ1n) is 9.92. The van der Waals surface area contributed by atoms with Gasteiger partial charge in [-0.15, -0.1) is 24.0 Å². The SMILES string of the molecule is Cc1ccccc1CN=C(NCCC(=O)N(C)C)Nc1ccc(OC(C)C)cc1.I. The van der Waals surface area contributed by atoms with E-state index in [0.717, 1.165) is 11.4 Å². The molecule has 0 atom stereocenters. The number of rotatable bonds is 8. The first-order chi connectivity index (χ1) is 13.8. The van der Waals surface area contributed by atoms with Crippen molar-refractivity contribution >= 4 is 41.5 Å². The normalized spacial score (nSPS) is 10.9. The van der Waals surface area contributed by atoms with Crippen molar-refractivity contribution < 1.29 is 9.53 Å². The molecule has 0 bridgehead atoms. The quantitative estimate of drug-likeness (QED) is 0.305. The Labute approximate surface area is 197 Å². The number of aryl methyl sites for hydroxylation is 1. The highest BCUT2D eigenvalue weighted by Crippen LogP contribution is 2.17. The van der Waals surface area contributed by atoms with E-state index in [1.807, 2.05) is 50.2 Å². The number of ether oxygens (including phenoxy) is 1. The Morgan fingerprint density at radius 3 is 2.37 bits per heavy atom. The minimum absolute atomic E-state index is 0. The molecule has 0 spiro atoms. The van der Waals surface area contributed by atoms with Crippen LogP contribution in [0.4, 0.5) is 5.69 Å². The van der Waals surface area contributed by atoms with E-state index in [2.05, 4.69) is 29.7 Å². The van der Waals surface area contributed by atoms with Gasteiger partial charge >= 0.3 is 0 Å². The lowest BCUT2D eigenvalue weighted by atomic mass is 10.1. The largest absolute Gasteiger partial charge is 0.491 e. The van der Waals surface area contributed by atoms with Crippen molar-refractivity contribution in [1.29, 1.82) is 0 Å². The number of guanidine groups is 1. The van der Waals surface area contributed by atoms with Gasteiger partial charge < -0.3 is 20.3 Å². The van der Waals surface area contributed by atoms with Gasteiger partial charge in [-0.1, -0.05) is 24.3 Å². The molecule has 2 aromatic carbocycles. The third-order valence-electron chi connectivity index (χ3n) is 4.29. The fourth-order valence-corrected chi connectivity index (χ4v) is 2.63. The fraction of sp³-hybridized carbons (Fsp3) is 0.391. The summed E-state index contributed by atoms with van der Waals surface area (Å²) in [4.78, 5) is 18.1. The minimum atomic E-state index is 0. The molecule has 0 aliphatic carbocycles. The number of amides is 1. The van der Waals surface area contributed by atoms with E-state index in [9.17, 15) is 4.79 Å². The van der Waals surface area contributed by atoms with Crippen LogP contribution in [-0.2, 0) is 11.3 Å². The maximum absolute atomic E-state index is 11.8. The van der Waals surface area contributed by atoms with Crippen molar-refractivity contribution in [2.75, 3.05) is 26.0 Å². The summed E-state index contributed by atoms with van der Waals surface area (Å²) in [6.07, 6.45) is 0.537. The standard InChI is InChI=1S/C23H32N4O2.HI/c1-17(2)29-21-12-10-20(11-13-21)26-23(24-15-14-22(28)27(4)5)25-16-19-9-7-6-8-18(19)3;/h6-13,17H,14-16H2,1-5H3,(H2,24,25,26);1H. The van der Waals surface area contributed by atoms with Crippen molar-refractivity contribution in [3.63, 3.8) is 0 Å². The van der Waals surface area contributed by atoms with Crippen molar-refractivity contribution in [3.05, 3.63) is 59.7 Å². The Bertz CT molecular complexity index is 820. The Kier molecular flexibility index (Phi) is 11.2. The van der Waals surface area contributed by atoms with Crippen LogP contribution in [0, 0.1) is 6.92 Å². The highest BCUT2D eigenvalue weighted by atomic mass is 127. The smallest absolute Gasteiger partial charge is 0.223 e. The lowest BCUT2D eigenvalue weighted by molar-refractivity contribution is -0.128. The molecule has 0 aromatic heterocycles. The van der Waals surface area contributed by atoms with E-state index in [0.29, 0.717) is 25.5 Å². The zero-order valence-corrected chi connectivity index (χ0v) is 20.8. The molecule has 0 heterocycles. The second-order valence-corrected chi connectivity index (χ2v) is 7.37. The number of halogens is 1. The van der Waals surface area contributed by atoms with Crippen LogP contribution < -0.4 is 15.4 Å². The molecule has 7 heteroatoms. The monoisotopic (exact) mass is 524 g/mol. The van der Waals surface area contributed by atoms with Crippen LogP contribution in [0.1, 0.15) is 31.4 Å². The number of nitrogens with zero attached hydrogens (tertiary/aromatic N) is 2. The lowest BCUT2D eigenvalue weighted by Gasteiger charge is -2.15. The van der Waals surface area contributed by atoms with Gasteiger partial charge in [0.15, 0.2) is 5.96 Å². The summed E-state index contributed by atoms with van der Waals surface area (Å²) in [6.45, 7) is 7.14. The van der Waals surface area contributed by atoms with Gasteiger partial charge in [0, 0.05) is 32.7 Å². The van der Waals surface area contributed by atoms with Gasteiger partial charge in [-0.25, -0.2) is 4.99 Å². The molecule has 0 saturated heterocycles. The molecule has 2 rings (SSSR count). The summed E-state index contributed by atoms with van der Waals surface area (Å²) < 4.78 is 5.69. The van der Waals surface area contributed by atoms with E-state index in [4.69, 9.17) is 9.73 Å². The molecule has 0 unspecified atom stereocenters. The molecule has 30 heavy (non-hydrogen) atoms. The van der Waals surface area contributed by atoms with E-state index < -0.39 is 0 Å². The van der Waals surface area contributed by atoms with Crippen LogP contribution in [0.25, 0.3) is 0 Å². The molecule has 0 radical (unpaired) electrons. The molecule has 0 aliphatic heterocycles. The van der Waals surface area contributed by atoms with Gasteiger partial charge in [0.05, 0.1) is 12.6 Å². The fourth-order valence-electron chi connectivity index (χ4n) is 2.63. The average molecular weight is 524 g/mol. The summed E-state index contributed by atoms with van der Waals surface area (Å²) in [5, 5.41) is 6.56. The van der Waals surface area contributed by atoms with Crippen molar-refractivity contribution in [1.82, 2.24) is 10.2 Å². The van der Waals surface area contributed by atoms with Gasteiger partial charge in [0.25, 0.3) is 0 Å². The van der Waals surface area contributed by atoms with Crippen LogP contribution in [-0.4, -0.2) is 43.5 Å². The summed E-state index contributed by atoms with van der Waals surface area (Å²) in [7, 11) is 3.52. The molecule has 164 valence electrons. The highest BCUT2D eigenvalue weighted by Gasteiger charge is 2.06. The van der Waals surface area contributed by atoms with E-state index in [1.54, 1.807) is 19.0 Å². The number of carbonyl (C=O) groups excluding carboxylic acids is 1. The van der Waals surface area contributed by atoms with Gasteiger partial charge in [-0.3, -0.25) is 4.79 Å². The summed E-state index contributed by atoms with van der Waals surface area (Å²) in [5.74, 6) is 1.54. The second-order valence-electron chi connectivity index (χ2n) is 7.37. The van der Waals surface area contributed by atoms with E-state index in [-0.39, 0.29) is 36.0 Å². The number of hydrogen-bond donors (Lipinski definition) is 2. The predicted octanol–water partition coefficient (Wildman–Crippen LogP) is 4.44. The van der Waals surface area contributed by atoms with Crippen LogP contribution in [0.2, 0.25) is 0 Å². The maximum Gasteiger partial charge on any atom is 0.223 e. The van der Waals surface area contributed by atoms with Crippen LogP contribution in [0.15, 0.2) is 53.5 Å². The number of anilines is 1. The van der Waals surface area contributed by atoms with Crippen LogP contribution in [0.3, 0.4) is 0 Å². The maximum atomic E-state index is 11.8. The lowest BCUT2D eigenvalue weighted by Crippen LogP contribution is -2.34. The summed E-state index contributed by atoms with van der Waals surface area (Å²) >= 11 is 0. The first kappa shape index (κ1) is 25.7. The molecular weight excluding hydrogens is 491 g/mol. The Hall–Kier alpha value is -2.29. The van der Waals surface area contributed by atoms with Gasteiger partial charge in [-0.05, 0) is 56.2 Å². The van der Waals surface area contributed by atoms with Crippen LogP contribution >= 0.6 is 24.0 Å². The molecule has 0 saturated carbocycles. The number of hydrogen-bond acceptors (Lipinski definition) is 3. The number of carbonyl (C=O) groups is 1. The topological polar surface area (TPSA) is 66.0 Å². The molecule has 0 fully saturated rings.